The highest BCUT2D eigenvalue weighted by molar-refractivity contribution is 5.79. The summed E-state index contributed by atoms with van der Waals surface area (Å²) in [5, 5.41) is 0. The van der Waals surface area contributed by atoms with Crippen LogP contribution < -0.4 is 0 Å². The van der Waals surface area contributed by atoms with Gasteiger partial charge in [0.1, 0.15) is 0 Å². The molecule has 4 aliphatic rings. The van der Waals surface area contributed by atoms with Crippen LogP contribution >= 0.6 is 0 Å². The van der Waals surface area contributed by atoms with Gasteiger partial charge in [0.2, 0.25) is 0 Å². The molecule has 2 aliphatic heterocycles. The topological polar surface area (TPSA) is 52.6 Å². The van der Waals surface area contributed by atoms with Crippen LogP contribution in [-0.2, 0) is 19.1 Å². The second-order valence-electron chi connectivity index (χ2n) is 11.9. The molecule has 0 unspecified atom stereocenters. The van der Waals surface area contributed by atoms with E-state index in [1.165, 1.54) is 24.0 Å². The largest absolute Gasteiger partial charge is 0.465 e. The molecule has 2 saturated carbocycles. The first-order valence-corrected chi connectivity index (χ1v) is 14.2. The lowest BCUT2D eigenvalue weighted by Crippen LogP contribution is -2.37. The lowest BCUT2D eigenvalue weighted by Gasteiger charge is -2.36. The van der Waals surface area contributed by atoms with Crippen molar-refractivity contribution >= 4 is 24.1 Å². The Morgan fingerprint density at radius 2 is 1.05 bits per heavy atom. The van der Waals surface area contributed by atoms with Crippen LogP contribution in [0.25, 0.3) is 12.2 Å². The molecule has 0 N–H and O–H groups in total. The van der Waals surface area contributed by atoms with Crippen LogP contribution in [0, 0.1) is 34.5 Å². The van der Waals surface area contributed by atoms with E-state index in [9.17, 15) is 9.59 Å². The maximum Gasteiger partial charge on any atom is 0.312 e. The SMILES string of the molecule is C[C@@]12CCC[C@H](/C=C/c3ccccc3)[C@@H]1COC2=O.C[C@]12CCC[C@@H](/C=C/c3ccccc3)[C@H]1COC2=O. The summed E-state index contributed by atoms with van der Waals surface area (Å²) in [6, 6.07) is 20.7. The number of carbonyl (C=O) groups is 2. The highest BCUT2D eigenvalue weighted by Gasteiger charge is 2.53. The molecule has 2 aromatic carbocycles. The van der Waals surface area contributed by atoms with E-state index in [1.54, 1.807) is 0 Å². The van der Waals surface area contributed by atoms with Gasteiger partial charge in [0, 0.05) is 11.8 Å². The molecule has 2 saturated heterocycles. The molecule has 4 nitrogen and oxygen atoms in total. The van der Waals surface area contributed by atoms with E-state index < -0.39 is 0 Å². The summed E-state index contributed by atoms with van der Waals surface area (Å²) in [6.45, 7) is 5.35. The van der Waals surface area contributed by atoms with Crippen LogP contribution in [0.5, 0.6) is 0 Å². The van der Waals surface area contributed by atoms with Crippen LogP contribution in [0.4, 0.5) is 0 Å². The average Bonchev–Trinajstić information content (AvgIpc) is 3.43. The van der Waals surface area contributed by atoms with Crippen molar-refractivity contribution in [3.8, 4) is 0 Å². The number of carbonyl (C=O) groups excluding carboxylic acids is 2. The molecular weight excluding hydrogens is 472 g/mol. The van der Waals surface area contributed by atoms with E-state index in [2.05, 4.69) is 62.4 Å². The highest BCUT2D eigenvalue weighted by Crippen LogP contribution is 2.50. The van der Waals surface area contributed by atoms with Crippen LogP contribution in [0.3, 0.4) is 0 Å². The zero-order valence-electron chi connectivity index (χ0n) is 22.7. The van der Waals surface area contributed by atoms with E-state index in [-0.39, 0.29) is 22.8 Å². The molecule has 4 fully saturated rings. The summed E-state index contributed by atoms with van der Waals surface area (Å²) in [5.74, 6) is 1.66. The summed E-state index contributed by atoms with van der Waals surface area (Å²) in [6.07, 6.45) is 15.4. The van der Waals surface area contributed by atoms with Crippen LogP contribution in [-0.4, -0.2) is 25.2 Å². The average molecular weight is 513 g/mol. The normalized spacial score (nSPS) is 34.3. The smallest absolute Gasteiger partial charge is 0.312 e. The Morgan fingerprint density at radius 1 is 0.658 bits per heavy atom. The number of rotatable bonds is 4. The van der Waals surface area contributed by atoms with Crippen LogP contribution in [0.2, 0.25) is 0 Å². The number of fused-ring (bicyclic) bond motifs is 2. The number of ether oxygens (including phenoxy) is 2. The van der Waals surface area contributed by atoms with E-state index in [0.717, 1.165) is 25.7 Å². The fourth-order valence-electron chi connectivity index (χ4n) is 6.97. The molecule has 0 spiro atoms. The van der Waals surface area contributed by atoms with Crippen molar-refractivity contribution in [2.24, 2.45) is 34.5 Å². The minimum Gasteiger partial charge on any atom is -0.465 e. The van der Waals surface area contributed by atoms with Crippen molar-refractivity contribution < 1.29 is 19.1 Å². The first-order valence-electron chi connectivity index (χ1n) is 14.2. The number of hydrogen-bond acceptors (Lipinski definition) is 4. The van der Waals surface area contributed by atoms with Crippen molar-refractivity contribution in [3.05, 3.63) is 83.9 Å². The van der Waals surface area contributed by atoms with Gasteiger partial charge in [0.05, 0.1) is 24.0 Å². The minimum absolute atomic E-state index is 0.00955. The molecular formula is C34H40O4. The van der Waals surface area contributed by atoms with Crippen LogP contribution in [0.1, 0.15) is 63.5 Å². The van der Waals surface area contributed by atoms with E-state index in [4.69, 9.17) is 9.47 Å². The van der Waals surface area contributed by atoms with Gasteiger partial charge in [-0.05, 0) is 62.5 Å². The van der Waals surface area contributed by atoms with Gasteiger partial charge in [0.25, 0.3) is 0 Å². The fourth-order valence-corrected chi connectivity index (χ4v) is 6.97. The molecule has 6 rings (SSSR count). The third-order valence-electron chi connectivity index (χ3n) is 9.53. The van der Waals surface area contributed by atoms with Gasteiger partial charge in [-0.1, -0.05) is 97.8 Å². The summed E-state index contributed by atoms with van der Waals surface area (Å²) >= 11 is 0. The van der Waals surface area contributed by atoms with Gasteiger partial charge < -0.3 is 9.47 Å². The highest BCUT2D eigenvalue weighted by atomic mass is 16.5. The Kier molecular flexibility index (Phi) is 7.88. The Hall–Kier alpha value is -3.14. The minimum atomic E-state index is -0.246. The number of esters is 2. The summed E-state index contributed by atoms with van der Waals surface area (Å²) in [4.78, 5) is 23.8. The van der Waals surface area contributed by atoms with Gasteiger partial charge in [-0.2, -0.15) is 0 Å². The second kappa shape index (κ2) is 11.3. The maximum absolute atomic E-state index is 11.9. The number of hydrogen-bond donors (Lipinski definition) is 0. The van der Waals surface area contributed by atoms with E-state index >= 15 is 0 Å². The van der Waals surface area contributed by atoms with Crippen molar-refractivity contribution in [1.82, 2.24) is 0 Å². The van der Waals surface area contributed by atoms with E-state index in [0.29, 0.717) is 36.9 Å². The van der Waals surface area contributed by atoms with Gasteiger partial charge in [-0.15, -0.1) is 0 Å². The predicted octanol–water partition coefficient (Wildman–Crippen LogP) is 7.36. The Labute approximate surface area is 227 Å². The maximum atomic E-state index is 11.9. The molecule has 2 heterocycles. The quantitative estimate of drug-likeness (QED) is 0.402. The summed E-state index contributed by atoms with van der Waals surface area (Å²) in [7, 11) is 0. The number of benzene rings is 2. The first kappa shape index (κ1) is 26.5. The molecule has 0 amide bonds. The molecule has 0 aromatic heterocycles. The predicted molar refractivity (Wildman–Crippen MR) is 151 cm³/mol. The molecule has 200 valence electrons. The molecule has 0 bridgehead atoms. The van der Waals surface area contributed by atoms with E-state index in [1.807, 2.05) is 36.4 Å². The fraction of sp³-hybridized carbons (Fsp3) is 0.471. The first-order chi connectivity index (χ1) is 18.4. The summed E-state index contributed by atoms with van der Waals surface area (Å²) < 4.78 is 10.6. The van der Waals surface area contributed by atoms with Crippen molar-refractivity contribution in [1.29, 1.82) is 0 Å². The lowest BCUT2D eigenvalue weighted by atomic mass is 9.64. The van der Waals surface area contributed by atoms with Gasteiger partial charge in [-0.25, -0.2) is 0 Å². The zero-order chi connectivity index (χ0) is 26.6. The Bertz CT molecular complexity index is 1080. The van der Waals surface area contributed by atoms with Crippen molar-refractivity contribution in [2.75, 3.05) is 13.2 Å². The summed E-state index contributed by atoms with van der Waals surface area (Å²) in [5.41, 5.74) is 1.95. The third kappa shape index (κ3) is 5.36. The standard InChI is InChI=1S/2C17H20O2/c2*1-17-11-5-8-14(15(17)12-19-16(17)18)10-9-13-6-3-2-4-7-13/h2*2-4,6-7,9-10,14-15H,5,8,11-12H2,1H3/b2*10-9+/t2*14-,15+,17-/m10/s1. The van der Waals surface area contributed by atoms with Crippen molar-refractivity contribution in [3.63, 3.8) is 0 Å². The van der Waals surface area contributed by atoms with Gasteiger partial charge in [-0.3, -0.25) is 9.59 Å². The van der Waals surface area contributed by atoms with Gasteiger partial charge in [0.15, 0.2) is 0 Å². The second-order valence-corrected chi connectivity index (χ2v) is 11.9. The number of cyclic esters (lactones) is 2. The molecule has 38 heavy (non-hydrogen) atoms. The molecule has 6 atom stereocenters. The monoisotopic (exact) mass is 512 g/mol. The third-order valence-corrected chi connectivity index (χ3v) is 9.53. The molecule has 4 heteroatoms. The molecule has 2 aromatic rings. The molecule has 2 aliphatic carbocycles. The Morgan fingerprint density at radius 3 is 1.45 bits per heavy atom. The lowest BCUT2D eigenvalue weighted by molar-refractivity contribution is -0.147. The number of allylic oxidation sites excluding steroid dienone is 2. The van der Waals surface area contributed by atoms with Crippen molar-refractivity contribution in [2.45, 2.75) is 52.4 Å². The molecule has 0 radical (unpaired) electrons. The zero-order valence-corrected chi connectivity index (χ0v) is 22.7. The van der Waals surface area contributed by atoms with Crippen LogP contribution in [0.15, 0.2) is 72.8 Å². The Balaban J connectivity index is 0.000000155. The van der Waals surface area contributed by atoms with Gasteiger partial charge >= 0.3 is 11.9 Å².